The number of benzene rings is 2. The van der Waals surface area contributed by atoms with E-state index in [4.69, 9.17) is 13.0 Å². The van der Waals surface area contributed by atoms with Crippen LogP contribution < -0.4 is 10.4 Å². The van der Waals surface area contributed by atoms with Crippen LogP contribution in [-0.4, -0.2) is 39.4 Å². The second kappa shape index (κ2) is 8.77. The van der Waals surface area contributed by atoms with E-state index >= 15 is 0 Å². The molecule has 0 aliphatic carbocycles. The minimum absolute atomic E-state index is 0.975. The van der Waals surface area contributed by atoms with E-state index < -0.39 is 25.2 Å². The molecule has 0 saturated heterocycles. The van der Waals surface area contributed by atoms with Crippen LogP contribution in [0.15, 0.2) is 60.7 Å². The van der Waals surface area contributed by atoms with E-state index in [1.54, 1.807) is 0 Å². The van der Waals surface area contributed by atoms with Crippen LogP contribution in [0.4, 0.5) is 0 Å². The van der Waals surface area contributed by atoms with E-state index in [0.717, 1.165) is 12.1 Å². The van der Waals surface area contributed by atoms with Crippen LogP contribution in [0.3, 0.4) is 0 Å². The molecule has 0 amide bonds. The first kappa shape index (κ1) is 21.3. The first-order valence-corrected chi connectivity index (χ1v) is 19.1. The summed E-state index contributed by atoms with van der Waals surface area (Å²) in [5.41, 5.74) is 0. The van der Waals surface area contributed by atoms with Gasteiger partial charge >= 0.3 is 162 Å². The van der Waals surface area contributed by atoms with Gasteiger partial charge in [-0.2, -0.15) is 0 Å². The summed E-state index contributed by atoms with van der Waals surface area (Å²) in [5, 5.41) is 2.67. The second-order valence-corrected chi connectivity index (χ2v) is 22.6. The molecule has 148 valence electrons. The molecule has 0 atom stereocenters. The van der Waals surface area contributed by atoms with Gasteiger partial charge in [-0.05, 0) is 0 Å². The van der Waals surface area contributed by atoms with Gasteiger partial charge in [-0.15, -0.1) is 0 Å². The fourth-order valence-electron chi connectivity index (χ4n) is 4.09. The molecule has 0 spiro atoms. The molecule has 2 rings (SSSR count). The summed E-state index contributed by atoms with van der Waals surface area (Å²) >= 11 is 0. The summed E-state index contributed by atoms with van der Waals surface area (Å²) in [5.74, 6) is 0. The average Bonchev–Trinajstić information content (AvgIpc) is 2.63. The van der Waals surface area contributed by atoms with Crippen LogP contribution in [-0.2, 0) is 13.0 Å². The van der Waals surface area contributed by atoms with Gasteiger partial charge in [0.1, 0.15) is 0 Å². The summed E-state index contributed by atoms with van der Waals surface area (Å²) in [7, 11) is -3.48. The van der Waals surface area contributed by atoms with Gasteiger partial charge in [0.25, 0.3) is 0 Å². The van der Waals surface area contributed by atoms with Crippen LogP contribution in [0, 0.1) is 0 Å². The average molecular weight is 408 g/mol. The summed E-state index contributed by atoms with van der Waals surface area (Å²) < 4.78 is 18.9. The monoisotopic (exact) mass is 407 g/mol. The van der Waals surface area contributed by atoms with E-state index in [1.807, 2.05) is 14.2 Å². The van der Waals surface area contributed by atoms with Gasteiger partial charge in [0, 0.05) is 0 Å². The Morgan fingerprint density at radius 3 is 1.46 bits per heavy atom. The molecule has 0 fully saturated rings. The first-order chi connectivity index (χ1) is 12.2. The Hall–Kier alpha value is -1.03. The molecule has 0 aliphatic heterocycles. The Labute approximate surface area is 161 Å². The van der Waals surface area contributed by atoms with Crippen molar-refractivity contribution in [2.45, 2.75) is 38.3 Å². The van der Waals surface area contributed by atoms with Crippen molar-refractivity contribution in [1.82, 2.24) is 0 Å². The van der Waals surface area contributed by atoms with E-state index in [2.05, 4.69) is 86.9 Å². The molecule has 3 nitrogen and oxygen atoms in total. The molecular weight excluding hydrogens is 372 g/mol. The van der Waals surface area contributed by atoms with Crippen LogP contribution in [0.25, 0.3) is 0 Å². The van der Waals surface area contributed by atoms with Gasteiger partial charge in [-0.25, -0.2) is 0 Å². The van der Waals surface area contributed by atoms with Gasteiger partial charge in [0.2, 0.25) is 0 Å². The van der Waals surface area contributed by atoms with Gasteiger partial charge in [0.15, 0.2) is 0 Å². The molecule has 0 unspecified atom stereocenters. The third-order valence-electron chi connectivity index (χ3n) is 5.37. The van der Waals surface area contributed by atoms with Crippen molar-refractivity contribution in [3.05, 3.63) is 60.7 Å². The normalized spacial score (nSPS) is 14.8. The van der Waals surface area contributed by atoms with E-state index in [0.29, 0.717) is 0 Å². The molecule has 0 radical (unpaired) electrons. The predicted octanol–water partition coefficient (Wildman–Crippen LogP) is 3.16. The molecular formula is C20H35O3Si3-3. The summed E-state index contributed by atoms with van der Waals surface area (Å²) in [6.45, 7) is 9.03. The Kier molecular flexibility index (Phi) is 7.18. The van der Waals surface area contributed by atoms with Crippen molar-refractivity contribution in [3.8, 4) is 0 Å². The van der Waals surface area contributed by atoms with E-state index in [-0.39, 0.29) is 0 Å². The molecule has 26 heavy (non-hydrogen) atoms. The van der Waals surface area contributed by atoms with Crippen molar-refractivity contribution in [1.29, 1.82) is 0 Å². The van der Waals surface area contributed by atoms with E-state index in [1.165, 1.54) is 10.4 Å². The van der Waals surface area contributed by atoms with E-state index in [9.17, 15) is 0 Å². The second-order valence-electron chi connectivity index (χ2n) is 8.71. The zero-order valence-corrected chi connectivity index (χ0v) is 20.6. The SMILES string of the molecule is CO[SiH-](C)(CC[SiH-](OC)(c1ccccc1)c1ccccc1)O[SiH-](C)(C)C. The van der Waals surface area contributed by atoms with Crippen LogP contribution >= 0.6 is 0 Å². The minimum atomic E-state index is -2.69. The maximum atomic E-state index is 6.57. The zero-order valence-electron chi connectivity index (χ0n) is 17.1. The molecule has 0 aromatic heterocycles. The van der Waals surface area contributed by atoms with Gasteiger partial charge < -0.3 is 0 Å². The number of hydrogen-bond acceptors (Lipinski definition) is 3. The van der Waals surface area contributed by atoms with Gasteiger partial charge in [0.05, 0.1) is 0 Å². The number of hydrogen-bond donors (Lipinski definition) is 0. The molecule has 0 N–H and O–H groups in total. The standard InChI is InChI=1S/C20H35O3Si3/c1-21-25(6,23-24(3,4)5)17-18-26(22-2,19-13-9-7-10-14-19)20-15-11-8-12-16-20/h7-16,24-26H,17-18H2,1-6H3/q-3. The molecule has 0 saturated carbocycles. The summed E-state index contributed by atoms with van der Waals surface area (Å²) in [6, 6.07) is 23.4. The summed E-state index contributed by atoms with van der Waals surface area (Å²) in [4.78, 5) is 0. The van der Waals surface area contributed by atoms with Crippen molar-refractivity contribution in [2.75, 3.05) is 14.2 Å². The Morgan fingerprint density at radius 1 is 0.654 bits per heavy atom. The predicted molar refractivity (Wildman–Crippen MR) is 122 cm³/mol. The number of rotatable bonds is 9. The van der Waals surface area contributed by atoms with Gasteiger partial charge in [-0.1, -0.05) is 0 Å². The molecule has 0 aliphatic rings. The molecule has 0 bridgehead atoms. The third-order valence-corrected chi connectivity index (χ3v) is 18.9. The fourth-order valence-corrected chi connectivity index (χ4v) is 20.0. The molecule has 0 heterocycles. The van der Waals surface area contributed by atoms with Crippen molar-refractivity contribution in [3.63, 3.8) is 0 Å². The maximum absolute atomic E-state index is 6.57. The third kappa shape index (κ3) is 5.25. The van der Waals surface area contributed by atoms with Crippen LogP contribution in [0.2, 0.25) is 38.3 Å². The summed E-state index contributed by atoms with van der Waals surface area (Å²) in [6.07, 6.45) is 0. The topological polar surface area (TPSA) is 27.7 Å². The zero-order chi connectivity index (χ0) is 19.3. The van der Waals surface area contributed by atoms with Crippen LogP contribution in [0.1, 0.15) is 0 Å². The fraction of sp³-hybridized carbons (Fsp3) is 0.400. The first-order valence-electron chi connectivity index (χ1n) is 9.78. The molecule has 6 heteroatoms. The quantitative estimate of drug-likeness (QED) is 0.598. The molecule has 2 aromatic carbocycles. The molecule has 2 aromatic rings. The van der Waals surface area contributed by atoms with Crippen molar-refractivity contribution >= 4 is 35.6 Å². The van der Waals surface area contributed by atoms with Crippen molar-refractivity contribution < 1.29 is 13.0 Å². The Balaban J connectivity index is 2.39. The van der Waals surface area contributed by atoms with Gasteiger partial charge in [-0.3, -0.25) is 0 Å². The Bertz CT molecular complexity index is 634. The van der Waals surface area contributed by atoms with Crippen LogP contribution in [0.5, 0.6) is 0 Å². The van der Waals surface area contributed by atoms with Crippen molar-refractivity contribution in [2.24, 2.45) is 0 Å². The Morgan fingerprint density at radius 2 is 1.12 bits per heavy atom.